The lowest BCUT2D eigenvalue weighted by Gasteiger charge is -2.31. The SMILES string of the molecule is CC(CN(C(=O)Cc1ccc(C(F)(F)F)cc1)[C@H](C)c1nc2ccccc2c(=O)n1-c1ccc(F)cc1)N=O. The van der Waals surface area contributed by atoms with Gasteiger partial charge in [0.05, 0.1) is 34.6 Å². The molecule has 202 valence electrons. The number of rotatable bonds is 8. The number of fused-ring (bicyclic) bond motifs is 1. The van der Waals surface area contributed by atoms with E-state index in [1.54, 1.807) is 31.2 Å². The van der Waals surface area contributed by atoms with Gasteiger partial charge in [-0.05, 0) is 67.9 Å². The Hall–Kier alpha value is -4.41. The lowest BCUT2D eigenvalue weighted by Crippen LogP contribution is -2.41. The second-order valence-electron chi connectivity index (χ2n) is 9.15. The number of carbonyl (C=O) groups excluding carboxylic acids is 1. The van der Waals surface area contributed by atoms with Crippen LogP contribution in [-0.2, 0) is 17.4 Å². The van der Waals surface area contributed by atoms with Gasteiger partial charge in [0, 0.05) is 6.54 Å². The van der Waals surface area contributed by atoms with Crippen LogP contribution in [0.15, 0.2) is 82.8 Å². The Morgan fingerprint density at radius 1 is 1.00 bits per heavy atom. The van der Waals surface area contributed by atoms with Gasteiger partial charge in [-0.2, -0.15) is 18.1 Å². The van der Waals surface area contributed by atoms with Gasteiger partial charge in [0.2, 0.25) is 5.91 Å². The van der Waals surface area contributed by atoms with Crippen molar-refractivity contribution in [1.29, 1.82) is 0 Å². The van der Waals surface area contributed by atoms with Crippen molar-refractivity contribution in [3.8, 4) is 5.69 Å². The van der Waals surface area contributed by atoms with Gasteiger partial charge in [0.25, 0.3) is 5.56 Å². The zero-order valence-electron chi connectivity index (χ0n) is 21.0. The molecule has 4 aromatic rings. The molecule has 39 heavy (non-hydrogen) atoms. The number of carbonyl (C=O) groups is 1. The van der Waals surface area contributed by atoms with Crippen LogP contribution in [0.4, 0.5) is 17.6 Å². The topological polar surface area (TPSA) is 84.6 Å². The van der Waals surface area contributed by atoms with Gasteiger partial charge in [0.15, 0.2) is 0 Å². The molecule has 1 aromatic heterocycles. The Kier molecular flexibility index (Phi) is 7.89. The maximum absolute atomic E-state index is 13.7. The monoisotopic (exact) mass is 540 g/mol. The van der Waals surface area contributed by atoms with Crippen LogP contribution in [0.25, 0.3) is 16.6 Å². The predicted molar refractivity (Wildman–Crippen MR) is 138 cm³/mol. The summed E-state index contributed by atoms with van der Waals surface area (Å²) in [4.78, 5) is 44.3. The molecule has 0 spiro atoms. The molecule has 0 radical (unpaired) electrons. The molecule has 4 rings (SSSR count). The van der Waals surface area contributed by atoms with E-state index >= 15 is 0 Å². The van der Waals surface area contributed by atoms with Crippen LogP contribution in [0.1, 0.15) is 36.8 Å². The summed E-state index contributed by atoms with van der Waals surface area (Å²) in [6, 6.07) is 14.4. The Balaban J connectivity index is 1.79. The fraction of sp³-hybridized carbons (Fsp3) is 0.250. The van der Waals surface area contributed by atoms with Gasteiger partial charge in [-0.3, -0.25) is 14.2 Å². The Morgan fingerprint density at radius 2 is 1.64 bits per heavy atom. The van der Waals surface area contributed by atoms with E-state index in [9.17, 15) is 32.1 Å². The molecule has 2 atom stereocenters. The first kappa shape index (κ1) is 27.6. The highest BCUT2D eigenvalue weighted by Gasteiger charge is 2.31. The molecule has 1 amide bonds. The van der Waals surface area contributed by atoms with Gasteiger partial charge in [-0.1, -0.05) is 29.4 Å². The molecule has 0 fully saturated rings. The van der Waals surface area contributed by atoms with Crippen LogP contribution in [0.2, 0.25) is 0 Å². The van der Waals surface area contributed by atoms with Crippen LogP contribution >= 0.6 is 0 Å². The van der Waals surface area contributed by atoms with Crippen LogP contribution in [0.3, 0.4) is 0 Å². The van der Waals surface area contributed by atoms with Crippen LogP contribution in [0, 0.1) is 10.7 Å². The molecule has 0 aliphatic heterocycles. The van der Waals surface area contributed by atoms with Gasteiger partial charge in [-0.15, -0.1) is 0 Å². The maximum Gasteiger partial charge on any atom is 0.416 e. The van der Waals surface area contributed by atoms with E-state index in [4.69, 9.17) is 0 Å². The molecule has 0 aliphatic rings. The smallest absolute Gasteiger partial charge is 0.330 e. The van der Waals surface area contributed by atoms with Crippen LogP contribution in [-0.4, -0.2) is 32.9 Å². The minimum Gasteiger partial charge on any atom is -0.330 e. The summed E-state index contributed by atoms with van der Waals surface area (Å²) in [5.41, 5.74) is -0.255. The molecule has 7 nitrogen and oxygen atoms in total. The summed E-state index contributed by atoms with van der Waals surface area (Å²) in [7, 11) is 0. The van der Waals surface area contributed by atoms with Gasteiger partial charge < -0.3 is 4.90 Å². The highest BCUT2D eigenvalue weighted by atomic mass is 19.4. The number of nitrogens with zero attached hydrogens (tertiary/aromatic N) is 4. The molecule has 1 heterocycles. The third kappa shape index (κ3) is 6.02. The summed E-state index contributed by atoms with van der Waals surface area (Å²) in [5, 5.41) is 3.30. The zero-order chi connectivity index (χ0) is 28.3. The summed E-state index contributed by atoms with van der Waals surface area (Å²) < 4.78 is 53.8. The zero-order valence-corrected chi connectivity index (χ0v) is 21.0. The van der Waals surface area contributed by atoms with E-state index in [1.807, 2.05) is 0 Å². The number of para-hydroxylation sites is 1. The van der Waals surface area contributed by atoms with Gasteiger partial charge in [0.1, 0.15) is 17.7 Å². The first-order valence-electron chi connectivity index (χ1n) is 12.0. The maximum atomic E-state index is 13.7. The largest absolute Gasteiger partial charge is 0.416 e. The van der Waals surface area contributed by atoms with E-state index < -0.39 is 41.1 Å². The second kappa shape index (κ2) is 11.1. The lowest BCUT2D eigenvalue weighted by molar-refractivity contribution is -0.137. The van der Waals surface area contributed by atoms with E-state index in [1.165, 1.54) is 52.8 Å². The van der Waals surface area contributed by atoms with E-state index in [-0.39, 0.29) is 18.8 Å². The molecule has 0 saturated heterocycles. The average Bonchev–Trinajstić information content (AvgIpc) is 2.91. The number of benzene rings is 3. The number of alkyl halides is 3. The molecule has 0 bridgehead atoms. The minimum absolute atomic E-state index is 0.129. The minimum atomic E-state index is -4.51. The molecule has 0 N–H and O–H groups in total. The third-order valence-corrected chi connectivity index (χ3v) is 6.33. The number of halogens is 4. The lowest BCUT2D eigenvalue weighted by atomic mass is 10.1. The first-order chi connectivity index (χ1) is 18.5. The van der Waals surface area contributed by atoms with Gasteiger partial charge >= 0.3 is 6.18 Å². The van der Waals surface area contributed by atoms with Crippen molar-refractivity contribution in [1.82, 2.24) is 14.5 Å². The first-order valence-corrected chi connectivity index (χ1v) is 12.0. The summed E-state index contributed by atoms with van der Waals surface area (Å²) in [6.07, 6.45) is -4.78. The molecule has 0 saturated carbocycles. The van der Waals surface area contributed by atoms with Crippen molar-refractivity contribution in [2.24, 2.45) is 5.18 Å². The standard InChI is InChI=1S/C28H24F4N4O3/c1-17(34-39)16-35(25(37)15-19-7-9-20(10-8-19)28(30,31)32)18(2)26-33-24-6-4-3-5-23(24)27(38)36(26)22-13-11-21(29)12-14-22/h3-14,17-18H,15-16H2,1-2H3/t17?,18-/m1/s1. The Labute approximate surface area is 220 Å². The highest BCUT2D eigenvalue weighted by molar-refractivity contribution is 5.80. The van der Waals surface area contributed by atoms with Crippen molar-refractivity contribution in [3.63, 3.8) is 0 Å². The van der Waals surface area contributed by atoms with Crippen molar-refractivity contribution in [3.05, 3.63) is 111 Å². The molecular weight excluding hydrogens is 516 g/mol. The summed E-state index contributed by atoms with van der Waals surface area (Å²) >= 11 is 0. The van der Waals surface area contributed by atoms with Crippen molar-refractivity contribution in [2.75, 3.05) is 6.54 Å². The summed E-state index contributed by atoms with van der Waals surface area (Å²) in [6.45, 7) is 3.01. The van der Waals surface area contributed by atoms with Crippen LogP contribution in [0.5, 0.6) is 0 Å². The quantitative estimate of drug-likeness (QED) is 0.208. The third-order valence-electron chi connectivity index (χ3n) is 6.33. The van der Waals surface area contributed by atoms with E-state index in [0.717, 1.165) is 12.1 Å². The second-order valence-corrected chi connectivity index (χ2v) is 9.15. The normalized spacial score (nSPS) is 13.2. The fourth-order valence-electron chi connectivity index (χ4n) is 4.29. The molecule has 0 aliphatic carbocycles. The highest BCUT2D eigenvalue weighted by Crippen LogP contribution is 2.30. The molecule has 11 heteroatoms. The van der Waals surface area contributed by atoms with Crippen molar-refractivity contribution < 1.29 is 22.4 Å². The van der Waals surface area contributed by atoms with E-state index in [2.05, 4.69) is 10.2 Å². The average molecular weight is 541 g/mol. The number of aromatic nitrogens is 2. The van der Waals surface area contributed by atoms with Gasteiger partial charge in [-0.25, -0.2) is 9.37 Å². The molecular formula is C28H24F4N4O3. The van der Waals surface area contributed by atoms with Crippen molar-refractivity contribution >= 4 is 16.8 Å². The number of hydrogen-bond donors (Lipinski definition) is 0. The molecule has 3 aromatic carbocycles. The number of nitroso groups, excluding NO2 is 1. The summed E-state index contributed by atoms with van der Waals surface area (Å²) in [5.74, 6) is -0.857. The number of hydrogen-bond acceptors (Lipinski definition) is 5. The van der Waals surface area contributed by atoms with Crippen molar-refractivity contribution in [2.45, 2.75) is 38.5 Å². The number of amides is 1. The molecule has 1 unspecified atom stereocenters. The predicted octanol–water partition coefficient (Wildman–Crippen LogP) is 5.83. The van der Waals surface area contributed by atoms with E-state index in [0.29, 0.717) is 22.2 Å². The Morgan fingerprint density at radius 3 is 2.26 bits per heavy atom. The van der Waals surface area contributed by atoms with Crippen LogP contribution < -0.4 is 5.56 Å². The Bertz CT molecular complexity index is 1550. The fourth-order valence-corrected chi connectivity index (χ4v) is 4.29.